The van der Waals surface area contributed by atoms with E-state index in [1.807, 2.05) is 52.0 Å². The number of aromatic nitrogens is 1. The lowest BCUT2D eigenvalue weighted by molar-refractivity contribution is -0.128. The quantitative estimate of drug-likeness (QED) is 0.533. The third kappa shape index (κ3) is 4.36. The van der Waals surface area contributed by atoms with Gasteiger partial charge in [0, 0.05) is 21.2 Å². The van der Waals surface area contributed by atoms with Crippen molar-refractivity contribution in [2.45, 2.75) is 40.2 Å². The third-order valence-corrected chi connectivity index (χ3v) is 6.50. The van der Waals surface area contributed by atoms with Crippen molar-refractivity contribution in [1.82, 2.24) is 4.98 Å². The molecule has 8 heteroatoms. The number of aryl methyl sites for hydroxylation is 3. The summed E-state index contributed by atoms with van der Waals surface area (Å²) in [5.41, 5.74) is 3.84. The molecule has 2 aromatic carbocycles. The number of halogens is 1. The predicted molar refractivity (Wildman–Crippen MR) is 129 cm³/mol. The Bertz CT molecular complexity index is 1210. The van der Waals surface area contributed by atoms with Gasteiger partial charge in [0.05, 0.1) is 16.4 Å². The summed E-state index contributed by atoms with van der Waals surface area (Å²) in [4.78, 5) is 33.3. The second kappa shape index (κ2) is 8.92. The van der Waals surface area contributed by atoms with E-state index < -0.39 is 6.10 Å². The fraction of sp³-hybridized carbons (Fsp3) is 0.292. The van der Waals surface area contributed by atoms with Gasteiger partial charge in [-0.15, -0.1) is 11.3 Å². The first kappa shape index (κ1) is 22.3. The molecule has 0 aliphatic carbocycles. The highest BCUT2D eigenvalue weighted by Crippen LogP contribution is 2.39. The van der Waals surface area contributed by atoms with Gasteiger partial charge in [-0.1, -0.05) is 24.6 Å². The molecule has 0 saturated carbocycles. The molecule has 0 fully saturated rings. The van der Waals surface area contributed by atoms with Crippen LogP contribution in [0.3, 0.4) is 0 Å². The molecule has 1 unspecified atom stereocenters. The Morgan fingerprint density at radius 2 is 2.00 bits per heavy atom. The summed E-state index contributed by atoms with van der Waals surface area (Å²) in [6.45, 7) is 7.63. The number of thiazole rings is 1. The predicted octanol–water partition coefficient (Wildman–Crippen LogP) is 5.53. The van der Waals surface area contributed by atoms with Crippen LogP contribution in [-0.4, -0.2) is 29.4 Å². The van der Waals surface area contributed by atoms with Crippen LogP contribution in [0.25, 0.3) is 11.3 Å². The van der Waals surface area contributed by atoms with Crippen molar-refractivity contribution in [3.8, 4) is 17.0 Å². The van der Waals surface area contributed by atoms with E-state index in [9.17, 15) is 9.59 Å². The van der Waals surface area contributed by atoms with Crippen LogP contribution in [0.2, 0.25) is 5.02 Å². The van der Waals surface area contributed by atoms with Crippen molar-refractivity contribution in [2.24, 2.45) is 0 Å². The van der Waals surface area contributed by atoms with Crippen molar-refractivity contribution in [2.75, 3.05) is 16.8 Å². The molecule has 0 bridgehead atoms. The highest BCUT2D eigenvalue weighted by atomic mass is 35.5. The Morgan fingerprint density at radius 1 is 1.22 bits per heavy atom. The van der Waals surface area contributed by atoms with E-state index in [-0.39, 0.29) is 18.4 Å². The lowest BCUT2D eigenvalue weighted by Crippen LogP contribution is -2.48. The first-order chi connectivity index (χ1) is 15.3. The average Bonchev–Trinajstić information content (AvgIpc) is 3.10. The largest absolute Gasteiger partial charge is 0.478 e. The Hall–Kier alpha value is -2.90. The van der Waals surface area contributed by atoms with Crippen LogP contribution in [0.5, 0.6) is 5.75 Å². The van der Waals surface area contributed by atoms with Crippen LogP contribution in [-0.2, 0) is 9.59 Å². The first-order valence-corrected chi connectivity index (χ1v) is 11.6. The minimum atomic E-state index is -0.627. The number of amides is 2. The van der Waals surface area contributed by atoms with Gasteiger partial charge in [0.25, 0.3) is 5.91 Å². The lowest BCUT2D eigenvalue weighted by atomic mass is 10.1. The molecule has 1 aromatic heterocycles. The number of carbonyl (C=O) groups excluding carboxylic acids is 2. The molecule has 6 nitrogen and oxygen atoms in total. The van der Waals surface area contributed by atoms with Gasteiger partial charge in [0.15, 0.2) is 6.10 Å². The number of fused-ring (bicyclic) bond motifs is 1. The SMILES string of the molecule is CCC1Oc2ccc(-c3nc(C)sc3C)cc2N(CC(=O)Nc2cc(Cl)ccc2C)C1=O. The molecule has 3 aromatic rings. The topological polar surface area (TPSA) is 71.5 Å². The second-order valence-corrected chi connectivity index (χ2v) is 9.61. The van der Waals surface area contributed by atoms with Gasteiger partial charge in [-0.2, -0.15) is 0 Å². The Labute approximate surface area is 196 Å². The van der Waals surface area contributed by atoms with Crippen LogP contribution in [0.15, 0.2) is 36.4 Å². The number of nitrogens with zero attached hydrogens (tertiary/aromatic N) is 2. The van der Waals surface area contributed by atoms with Gasteiger partial charge in [0.2, 0.25) is 5.91 Å². The zero-order valence-corrected chi connectivity index (χ0v) is 19.9. The molecule has 2 amide bonds. The minimum Gasteiger partial charge on any atom is -0.478 e. The van der Waals surface area contributed by atoms with E-state index >= 15 is 0 Å². The number of anilines is 2. The maximum atomic E-state index is 13.1. The molecule has 32 heavy (non-hydrogen) atoms. The summed E-state index contributed by atoms with van der Waals surface area (Å²) in [5.74, 6) is 0.0374. The first-order valence-electron chi connectivity index (χ1n) is 10.4. The zero-order chi connectivity index (χ0) is 23.0. The maximum Gasteiger partial charge on any atom is 0.268 e. The Kier molecular flexibility index (Phi) is 6.22. The molecule has 1 N–H and O–H groups in total. The number of carbonyl (C=O) groups is 2. The number of ether oxygens (including phenoxy) is 1. The second-order valence-electron chi connectivity index (χ2n) is 7.77. The highest BCUT2D eigenvalue weighted by molar-refractivity contribution is 7.11. The van der Waals surface area contributed by atoms with Crippen LogP contribution in [0.1, 0.15) is 28.8 Å². The lowest BCUT2D eigenvalue weighted by Gasteiger charge is -2.34. The van der Waals surface area contributed by atoms with Gasteiger partial charge in [-0.3, -0.25) is 14.5 Å². The van der Waals surface area contributed by atoms with Crippen molar-refractivity contribution >= 4 is 46.1 Å². The van der Waals surface area contributed by atoms with E-state index in [0.717, 1.165) is 26.7 Å². The standard InChI is InChI=1S/C24H24ClN3O3S/c1-5-20-24(30)28(12-22(29)27-18-11-17(25)8-6-13(18)2)19-10-16(7-9-21(19)31-20)23-14(3)32-15(4)26-23/h6-11,20H,5,12H2,1-4H3,(H,27,29). The Morgan fingerprint density at radius 3 is 2.69 bits per heavy atom. The smallest absolute Gasteiger partial charge is 0.268 e. The Balaban J connectivity index is 1.67. The summed E-state index contributed by atoms with van der Waals surface area (Å²) < 4.78 is 5.93. The summed E-state index contributed by atoms with van der Waals surface area (Å²) in [6.07, 6.45) is -0.118. The number of rotatable bonds is 5. The van der Waals surface area contributed by atoms with E-state index in [1.54, 1.807) is 23.5 Å². The van der Waals surface area contributed by atoms with Crippen LogP contribution >= 0.6 is 22.9 Å². The van der Waals surface area contributed by atoms with Crippen LogP contribution in [0, 0.1) is 20.8 Å². The molecule has 1 atom stereocenters. The van der Waals surface area contributed by atoms with Crippen molar-refractivity contribution in [3.05, 3.63) is 56.9 Å². The van der Waals surface area contributed by atoms with Crippen LogP contribution < -0.4 is 15.0 Å². The highest BCUT2D eigenvalue weighted by Gasteiger charge is 2.35. The average molecular weight is 470 g/mol. The molecular formula is C24H24ClN3O3S. The number of hydrogen-bond donors (Lipinski definition) is 1. The molecule has 0 saturated heterocycles. The van der Waals surface area contributed by atoms with Crippen molar-refractivity contribution in [1.29, 1.82) is 0 Å². The fourth-order valence-electron chi connectivity index (χ4n) is 3.75. The molecule has 2 heterocycles. The summed E-state index contributed by atoms with van der Waals surface area (Å²) >= 11 is 7.70. The van der Waals surface area contributed by atoms with Gasteiger partial charge in [-0.05, 0) is 63.1 Å². The van der Waals surface area contributed by atoms with Gasteiger partial charge < -0.3 is 10.1 Å². The zero-order valence-electron chi connectivity index (χ0n) is 18.4. The summed E-state index contributed by atoms with van der Waals surface area (Å²) in [6, 6.07) is 11.0. The van der Waals surface area contributed by atoms with Crippen molar-refractivity contribution in [3.63, 3.8) is 0 Å². The molecule has 4 rings (SSSR count). The maximum absolute atomic E-state index is 13.1. The van der Waals surface area contributed by atoms with Crippen LogP contribution in [0.4, 0.5) is 11.4 Å². The normalized spacial score (nSPS) is 15.3. The van der Waals surface area contributed by atoms with E-state index in [1.165, 1.54) is 4.90 Å². The van der Waals surface area contributed by atoms with Crippen molar-refractivity contribution < 1.29 is 14.3 Å². The third-order valence-electron chi connectivity index (χ3n) is 5.38. The van der Waals surface area contributed by atoms with E-state index in [4.69, 9.17) is 16.3 Å². The fourth-order valence-corrected chi connectivity index (χ4v) is 4.76. The number of hydrogen-bond acceptors (Lipinski definition) is 5. The van der Waals surface area contributed by atoms with E-state index in [0.29, 0.717) is 28.6 Å². The molecule has 0 radical (unpaired) electrons. The van der Waals surface area contributed by atoms with Gasteiger partial charge in [0.1, 0.15) is 12.3 Å². The van der Waals surface area contributed by atoms with E-state index in [2.05, 4.69) is 10.3 Å². The number of nitrogens with one attached hydrogen (secondary N) is 1. The molecule has 1 aliphatic heterocycles. The molecule has 0 spiro atoms. The molecule has 166 valence electrons. The molecular weight excluding hydrogens is 446 g/mol. The van der Waals surface area contributed by atoms with Gasteiger partial charge in [-0.25, -0.2) is 4.98 Å². The summed E-state index contributed by atoms with van der Waals surface area (Å²) in [5, 5.41) is 4.38. The molecule has 1 aliphatic rings. The number of benzene rings is 2. The monoisotopic (exact) mass is 469 g/mol. The summed E-state index contributed by atoms with van der Waals surface area (Å²) in [7, 11) is 0. The minimum absolute atomic E-state index is 0.129. The van der Waals surface area contributed by atoms with Gasteiger partial charge >= 0.3 is 0 Å².